The van der Waals surface area contributed by atoms with Gasteiger partial charge in [0, 0.05) is 24.7 Å². The molecule has 0 bridgehead atoms. The molecular formula is C25H33N3O2. The van der Waals surface area contributed by atoms with Gasteiger partial charge in [-0.2, -0.15) is 0 Å². The van der Waals surface area contributed by atoms with E-state index in [1.807, 2.05) is 44.2 Å². The van der Waals surface area contributed by atoms with Gasteiger partial charge in [0.25, 0.3) is 11.8 Å². The molecule has 0 aliphatic carbocycles. The zero-order valence-electron chi connectivity index (χ0n) is 18.3. The van der Waals surface area contributed by atoms with Crippen molar-refractivity contribution in [2.75, 3.05) is 18.4 Å². The third-order valence-electron chi connectivity index (χ3n) is 5.77. The average molecular weight is 408 g/mol. The Bertz CT molecular complexity index is 863. The van der Waals surface area contributed by atoms with E-state index in [0.29, 0.717) is 16.8 Å². The Morgan fingerprint density at radius 1 is 1.10 bits per heavy atom. The van der Waals surface area contributed by atoms with Crippen LogP contribution in [0.4, 0.5) is 5.69 Å². The number of piperidine rings is 1. The van der Waals surface area contributed by atoms with Crippen LogP contribution in [0.3, 0.4) is 0 Å². The van der Waals surface area contributed by atoms with E-state index < -0.39 is 0 Å². The summed E-state index contributed by atoms with van der Waals surface area (Å²) < 4.78 is 0. The van der Waals surface area contributed by atoms with Gasteiger partial charge in [-0.1, -0.05) is 38.1 Å². The van der Waals surface area contributed by atoms with E-state index in [2.05, 4.69) is 22.5 Å². The number of nitrogens with one attached hydrogen (secondary N) is 2. The average Bonchev–Trinajstić information content (AvgIpc) is 2.74. The molecule has 0 aromatic heterocycles. The molecular weight excluding hydrogens is 374 g/mol. The second kappa shape index (κ2) is 10.4. The summed E-state index contributed by atoms with van der Waals surface area (Å²) in [6, 6.07) is 15.0. The van der Waals surface area contributed by atoms with Crippen molar-refractivity contribution in [2.45, 2.75) is 52.6 Å². The fourth-order valence-corrected chi connectivity index (χ4v) is 3.84. The van der Waals surface area contributed by atoms with Crippen molar-refractivity contribution < 1.29 is 9.59 Å². The normalized spacial score (nSPS) is 17.9. The first kappa shape index (κ1) is 22.0. The molecule has 2 amide bonds. The van der Waals surface area contributed by atoms with Crippen molar-refractivity contribution in [3.63, 3.8) is 0 Å². The molecule has 30 heavy (non-hydrogen) atoms. The van der Waals surface area contributed by atoms with Gasteiger partial charge in [-0.05, 0) is 68.5 Å². The minimum Gasteiger partial charge on any atom is -0.350 e. The summed E-state index contributed by atoms with van der Waals surface area (Å²) >= 11 is 0. The first-order chi connectivity index (χ1) is 14.5. The number of para-hydroxylation sites is 1. The van der Waals surface area contributed by atoms with Crippen LogP contribution in [0.25, 0.3) is 0 Å². The second-order valence-electron chi connectivity index (χ2n) is 8.46. The number of anilines is 1. The van der Waals surface area contributed by atoms with Crippen LogP contribution >= 0.6 is 0 Å². The quantitative estimate of drug-likeness (QED) is 0.699. The van der Waals surface area contributed by atoms with E-state index in [4.69, 9.17) is 0 Å². The first-order valence-corrected chi connectivity index (χ1v) is 11.0. The lowest BCUT2D eigenvalue weighted by atomic mass is 9.99. The summed E-state index contributed by atoms with van der Waals surface area (Å²) in [5, 5.41) is 5.85. The maximum atomic E-state index is 12.8. The molecule has 2 N–H and O–H groups in total. The monoisotopic (exact) mass is 407 g/mol. The molecule has 2 atom stereocenters. The number of benzene rings is 2. The van der Waals surface area contributed by atoms with Gasteiger partial charge in [0.1, 0.15) is 0 Å². The summed E-state index contributed by atoms with van der Waals surface area (Å²) in [5.41, 5.74) is 2.80. The Balaban J connectivity index is 1.64. The van der Waals surface area contributed by atoms with E-state index >= 15 is 0 Å². The highest BCUT2D eigenvalue weighted by Crippen LogP contribution is 2.19. The number of hydrogen-bond donors (Lipinski definition) is 2. The lowest BCUT2D eigenvalue weighted by Crippen LogP contribution is -2.33. The van der Waals surface area contributed by atoms with E-state index in [-0.39, 0.29) is 17.9 Å². The maximum absolute atomic E-state index is 12.8. The predicted octanol–water partition coefficient (Wildman–Crippen LogP) is 4.70. The standard InChI is InChI=1S/C25H33N3O2/c1-4-19(3)26-25(30)22-9-5-6-10-23(22)27-24(29)21-13-11-20(12-14-21)17-28-15-7-8-18(2)16-28/h5-6,9-14,18-19H,4,7-8,15-17H2,1-3H3,(H,26,30)(H,27,29). The van der Waals surface area contributed by atoms with Crippen LogP contribution in [0.2, 0.25) is 0 Å². The van der Waals surface area contributed by atoms with Crippen molar-refractivity contribution in [3.05, 3.63) is 65.2 Å². The number of amides is 2. The van der Waals surface area contributed by atoms with Gasteiger partial charge in [-0.25, -0.2) is 0 Å². The predicted molar refractivity (Wildman–Crippen MR) is 122 cm³/mol. The molecule has 2 aromatic carbocycles. The number of rotatable bonds is 7. The number of nitrogens with zero attached hydrogens (tertiary/aromatic N) is 1. The van der Waals surface area contributed by atoms with Gasteiger partial charge in [-0.3, -0.25) is 14.5 Å². The largest absolute Gasteiger partial charge is 0.350 e. The third kappa shape index (κ3) is 5.92. The molecule has 2 unspecified atom stereocenters. The minimum absolute atomic E-state index is 0.0803. The molecule has 1 aliphatic rings. The van der Waals surface area contributed by atoms with Crippen LogP contribution in [0.15, 0.2) is 48.5 Å². The third-order valence-corrected chi connectivity index (χ3v) is 5.77. The number of likely N-dealkylation sites (tertiary alicyclic amines) is 1. The SMILES string of the molecule is CCC(C)NC(=O)c1ccccc1NC(=O)c1ccc(CN2CCCC(C)C2)cc1. The molecule has 0 spiro atoms. The van der Waals surface area contributed by atoms with Crippen molar-refractivity contribution in [1.82, 2.24) is 10.2 Å². The Hall–Kier alpha value is -2.66. The van der Waals surface area contributed by atoms with Crippen LogP contribution in [0, 0.1) is 5.92 Å². The van der Waals surface area contributed by atoms with Gasteiger partial charge >= 0.3 is 0 Å². The molecule has 1 heterocycles. The van der Waals surface area contributed by atoms with Crippen molar-refractivity contribution >= 4 is 17.5 Å². The van der Waals surface area contributed by atoms with E-state index in [9.17, 15) is 9.59 Å². The molecule has 1 fully saturated rings. The Morgan fingerprint density at radius 2 is 1.83 bits per heavy atom. The second-order valence-corrected chi connectivity index (χ2v) is 8.46. The molecule has 0 radical (unpaired) electrons. The van der Waals surface area contributed by atoms with E-state index in [1.165, 1.54) is 18.4 Å². The van der Waals surface area contributed by atoms with Crippen LogP contribution < -0.4 is 10.6 Å². The smallest absolute Gasteiger partial charge is 0.255 e. The van der Waals surface area contributed by atoms with E-state index in [1.54, 1.807) is 18.2 Å². The molecule has 5 heteroatoms. The highest BCUT2D eigenvalue weighted by Gasteiger charge is 2.17. The van der Waals surface area contributed by atoms with Gasteiger partial charge in [0.2, 0.25) is 0 Å². The topological polar surface area (TPSA) is 61.4 Å². The van der Waals surface area contributed by atoms with Crippen LogP contribution in [0.5, 0.6) is 0 Å². The summed E-state index contributed by atoms with van der Waals surface area (Å²) in [5.74, 6) is 0.365. The highest BCUT2D eigenvalue weighted by molar-refractivity contribution is 6.09. The van der Waals surface area contributed by atoms with Crippen molar-refractivity contribution in [3.8, 4) is 0 Å². The zero-order chi connectivity index (χ0) is 21.5. The maximum Gasteiger partial charge on any atom is 0.255 e. The fourth-order valence-electron chi connectivity index (χ4n) is 3.84. The molecule has 2 aromatic rings. The summed E-state index contributed by atoms with van der Waals surface area (Å²) in [7, 11) is 0. The van der Waals surface area contributed by atoms with Gasteiger partial charge in [0.15, 0.2) is 0 Å². The Morgan fingerprint density at radius 3 is 2.53 bits per heavy atom. The molecule has 1 aliphatic heterocycles. The lowest BCUT2D eigenvalue weighted by molar-refractivity contribution is 0.0940. The minimum atomic E-state index is -0.211. The van der Waals surface area contributed by atoms with Crippen LogP contribution in [-0.2, 0) is 6.54 Å². The summed E-state index contributed by atoms with van der Waals surface area (Å²) in [6.45, 7) is 9.49. The molecule has 0 saturated carbocycles. The molecule has 5 nitrogen and oxygen atoms in total. The summed E-state index contributed by atoms with van der Waals surface area (Å²) in [4.78, 5) is 27.8. The zero-order valence-corrected chi connectivity index (χ0v) is 18.3. The van der Waals surface area contributed by atoms with Gasteiger partial charge in [0.05, 0.1) is 11.3 Å². The molecule has 1 saturated heterocycles. The Kier molecular flexibility index (Phi) is 7.63. The number of carbonyl (C=O) groups is 2. The van der Waals surface area contributed by atoms with Gasteiger partial charge in [-0.15, -0.1) is 0 Å². The van der Waals surface area contributed by atoms with Gasteiger partial charge < -0.3 is 10.6 Å². The van der Waals surface area contributed by atoms with Crippen molar-refractivity contribution in [1.29, 1.82) is 0 Å². The summed E-state index contributed by atoms with van der Waals surface area (Å²) in [6.07, 6.45) is 3.42. The number of hydrogen-bond acceptors (Lipinski definition) is 3. The van der Waals surface area contributed by atoms with Crippen LogP contribution in [0.1, 0.15) is 66.3 Å². The van der Waals surface area contributed by atoms with E-state index in [0.717, 1.165) is 32.0 Å². The van der Waals surface area contributed by atoms with Crippen molar-refractivity contribution in [2.24, 2.45) is 5.92 Å². The fraction of sp³-hybridized carbons (Fsp3) is 0.440. The molecule has 3 rings (SSSR count). The first-order valence-electron chi connectivity index (χ1n) is 11.0. The highest BCUT2D eigenvalue weighted by atomic mass is 16.2. The Labute approximate surface area is 179 Å². The number of carbonyl (C=O) groups excluding carboxylic acids is 2. The molecule has 160 valence electrons. The lowest BCUT2D eigenvalue weighted by Gasteiger charge is -2.30. The van der Waals surface area contributed by atoms with Crippen LogP contribution in [-0.4, -0.2) is 35.8 Å².